The van der Waals surface area contributed by atoms with E-state index in [4.69, 9.17) is 10.8 Å². The number of aryl methyl sites for hydroxylation is 1. The molecule has 2 heterocycles. The van der Waals surface area contributed by atoms with Crippen LogP contribution >= 0.6 is 0 Å². The molecule has 1 unspecified atom stereocenters. The molecule has 0 amide bonds. The van der Waals surface area contributed by atoms with Crippen LogP contribution < -0.4 is 10.6 Å². The zero-order valence-corrected chi connectivity index (χ0v) is 9.77. The topological polar surface area (TPSA) is 75.3 Å². The van der Waals surface area contributed by atoms with Gasteiger partial charge in [-0.05, 0) is 20.3 Å². The van der Waals surface area contributed by atoms with E-state index in [0.29, 0.717) is 17.6 Å². The van der Waals surface area contributed by atoms with Crippen molar-refractivity contribution in [1.82, 2.24) is 9.97 Å². The first-order chi connectivity index (χ1) is 7.61. The highest BCUT2D eigenvalue weighted by Crippen LogP contribution is 2.26. The van der Waals surface area contributed by atoms with Crippen LogP contribution in [0.15, 0.2) is 0 Å². The van der Waals surface area contributed by atoms with Crippen LogP contribution in [0.2, 0.25) is 0 Å². The van der Waals surface area contributed by atoms with Gasteiger partial charge in [0.1, 0.15) is 17.5 Å². The summed E-state index contributed by atoms with van der Waals surface area (Å²) < 4.78 is 0. The van der Waals surface area contributed by atoms with Crippen LogP contribution in [-0.2, 0) is 0 Å². The van der Waals surface area contributed by atoms with Crippen LogP contribution in [0.3, 0.4) is 0 Å². The number of aliphatic hydroxyl groups is 1. The van der Waals surface area contributed by atoms with Gasteiger partial charge in [-0.1, -0.05) is 0 Å². The number of hydrogen-bond acceptors (Lipinski definition) is 5. The van der Waals surface area contributed by atoms with Gasteiger partial charge in [-0.2, -0.15) is 0 Å². The van der Waals surface area contributed by atoms with Crippen LogP contribution in [0.5, 0.6) is 0 Å². The molecule has 88 valence electrons. The summed E-state index contributed by atoms with van der Waals surface area (Å²) in [5.74, 6) is 2.53. The zero-order valence-electron chi connectivity index (χ0n) is 9.77. The average Bonchev–Trinajstić information content (AvgIpc) is 2.71. The molecule has 5 nitrogen and oxygen atoms in total. The molecule has 5 heteroatoms. The fraction of sp³-hybridized carbons (Fsp3) is 0.636. The number of anilines is 2. The third-order valence-electron chi connectivity index (χ3n) is 3.11. The summed E-state index contributed by atoms with van der Waals surface area (Å²) >= 11 is 0. The summed E-state index contributed by atoms with van der Waals surface area (Å²) in [5.41, 5.74) is 6.76. The van der Waals surface area contributed by atoms with Crippen molar-refractivity contribution in [2.24, 2.45) is 5.92 Å². The van der Waals surface area contributed by atoms with Gasteiger partial charge in [-0.3, -0.25) is 0 Å². The van der Waals surface area contributed by atoms with E-state index in [0.717, 1.165) is 30.9 Å². The molecule has 1 aromatic heterocycles. The monoisotopic (exact) mass is 222 g/mol. The standard InChI is InChI=1S/C11H18N4O/c1-7-10(12)13-8(2)14-11(7)15-4-3-9(5-15)6-16/h9,16H,3-6H2,1-2H3,(H2,12,13,14). The Morgan fingerprint density at radius 1 is 1.44 bits per heavy atom. The van der Waals surface area contributed by atoms with Crippen molar-refractivity contribution >= 4 is 11.6 Å². The Labute approximate surface area is 95.3 Å². The highest BCUT2D eigenvalue weighted by Gasteiger charge is 2.24. The molecule has 0 radical (unpaired) electrons. The number of hydrogen-bond donors (Lipinski definition) is 2. The van der Waals surface area contributed by atoms with Crippen molar-refractivity contribution in [2.75, 3.05) is 30.3 Å². The van der Waals surface area contributed by atoms with Crippen LogP contribution in [-0.4, -0.2) is 34.8 Å². The van der Waals surface area contributed by atoms with Crippen molar-refractivity contribution in [3.63, 3.8) is 0 Å². The second-order valence-electron chi connectivity index (χ2n) is 4.39. The Morgan fingerprint density at radius 3 is 2.81 bits per heavy atom. The maximum Gasteiger partial charge on any atom is 0.137 e. The minimum atomic E-state index is 0.245. The number of aromatic nitrogens is 2. The van der Waals surface area contributed by atoms with E-state index in [1.54, 1.807) is 0 Å². The smallest absolute Gasteiger partial charge is 0.137 e. The van der Waals surface area contributed by atoms with Gasteiger partial charge in [-0.25, -0.2) is 9.97 Å². The molecule has 1 fully saturated rings. The number of nitrogens with two attached hydrogens (primary N) is 1. The zero-order chi connectivity index (χ0) is 11.7. The minimum absolute atomic E-state index is 0.245. The molecule has 1 aromatic rings. The third kappa shape index (κ3) is 1.95. The van der Waals surface area contributed by atoms with Crippen LogP contribution in [0, 0.1) is 19.8 Å². The van der Waals surface area contributed by atoms with E-state index in [1.807, 2.05) is 13.8 Å². The highest BCUT2D eigenvalue weighted by molar-refractivity contribution is 5.56. The van der Waals surface area contributed by atoms with Crippen molar-refractivity contribution in [2.45, 2.75) is 20.3 Å². The molecule has 1 atom stereocenters. The van der Waals surface area contributed by atoms with Crippen LogP contribution in [0.1, 0.15) is 17.8 Å². The molecule has 0 spiro atoms. The molecule has 0 bridgehead atoms. The molecule has 0 aromatic carbocycles. The molecule has 0 aliphatic carbocycles. The van der Waals surface area contributed by atoms with Gasteiger partial charge in [-0.15, -0.1) is 0 Å². The maximum absolute atomic E-state index is 9.13. The van der Waals surface area contributed by atoms with Gasteiger partial charge < -0.3 is 15.7 Å². The molecule has 2 rings (SSSR count). The maximum atomic E-state index is 9.13. The van der Waals surface area contributed by atoms with Crippen LogP contribution in [0.4, 0.5) is 11.6 Å². The van der Waals surface area contributed by atoms with Gasteiger partial charge in [0.05, 0.1) is 0 Å². The second-order valence-corrected chi connectivity index (χ2v) is 4.39. The Morgan fingerprint density at radius 2 is 2.19 bits per heavy atom. The Kier molecular flexibility index (Phi) is 2.96. The number of rotatable bonds is 2. The van der Waals surface area contributed by atoms with E-state index in [2.05, 4.69) is 14.9 Å². The van der Waals surface area contributed by atoms with Crippen LogP contribution in [0.25, 0.3) is 0 Å². The molecular weight excluding hydrogens is 204 g/mol. The second kappa shape index (κ2) is 4.25. The number of nitrogen functional groups attached to an aromatic ring is 1. The van der Waals surface area contributed by atoms with Gasteiger partial charge in [0.25, 0.3) is 0 Å². The summed E-state index contributed by atoms with van der Waals surface area (Å²) in [4.78, 5) is 10.8. The summed E-state index contributed by atoms with van der Waals surface area (Å²) in [6.07, 6.45) is 1.01. The summed E-state index contributed by atoms with van der Waals surface area (Å²) in [7, 11) is 0. The van der Waals surface area contributed by atoms with E-state index in [9.17, 15) is 0 Å². The van der Waals surface area contributed by atoms with Gasteiger partial charge >= 0.3 is 0 Å². The summed E-state index contributed by atoms with van der Waals surface area (Å²) in [6.45, 7) is 5.82. The molecule has 3 N–H and O–H groups in total. The number of aliphatic hydroxyl groups excluding tert-OH is 1. The lowest BCUT2D eigenvalue weighted by Crippen LogP contribution is -2.23. The first-order valence-corrected chi connectivity index (χ1v) is 5.58. The van der Waals surface area contributed by atoms with Gasteiger partial charge in [0.15, 0.2) is 0 Å². The predicted octanol–water partition coefficient (Wildman–Crippen LogP) is 0.494. The largest absolute Gasteiger partial charge is 0.396 e. The Bertz CT molecular complexity index is 394. The molecule has 16 heavy (non-hydrogen) atoms. The third-order valence-corrected chi connectivity index (χ3v) is 3.11. The Hall–Kier alpha value is -1.36. The molecular formula is C11H18N4O. The van der Waals surface area contributed by atoms with Gasteiger partial charge in [0, 0.05) is 31.2 Å². The predicted molar refractivity (Wildman–Crippen MR) is 63.3 cm³/mol. The Balaban J connectivity index is 2.27. The van der Waals surface area contributed by atoms with Crippen molar-refractivity contribution in [1.29, 1.82) is 0 Å². The fourth-order valence-electron chi connectivity index (χ4n) is 2.12. The van der Waals surface area contributed by atoms with Crippen molar-refractivity contribution < 1.29 is 5.11 Å². The van der Waals surface area contributed by atoms with E-state index >= 15 is 0 Å². The lowest BCUT2D eigenvalue weighted by Gasteiger charge is -2.20. The quantitative estimate of drug-likeness (QED) is 0.762. The lowest BCUT2D eigenvalue weighted by atomic mass is 10.1. The van der Waals surface area contributed by atoms with E-state index in [-0.39, 0.29) is 6.61 Å². The highest BCUT2D eigenvalue weighted by atomic mass is 16.3. The van der Waals surface area contributed by atoms with Gasteiger partial charge in [0.2, 0.25) is 0 Å². The average molecular weight is 222 g/mol. The molecule has 1 aliphatic rings. The van der Waals surface area contributed by atoms with E-state index in [1.165, 1.54) is 0 Å². The normalized spacial score (nSPS) is 20.4. The fourth-order valence-corrected chi connectivity index (χ4v) is 2.12. The van der Waals surface area contributed by atoms with Crippen molar-refractivity contribution in [3.8, 4) is 0 Å². The first kappa shape index (κ1) is 11.1. The van der Waals surface area contributed by atoms with E-state index < -0.39 is 0 Å². The molecule has 1 saturated heterocycles. The summed E-state index contributed by atoms with van der Waals surface area (Å²) in [5, 5.41) is 9.13. The molecule has 0 saturated carbocycles. The number of nitrogens with zero attached hydrogens (tertiary/aromatic N) is 3. The minimum Gasteiger partial charge on any atom is -0.396 e. The molecule has 1 aliphatic heterocycles. The first-order valence-electron chi connectivity index (χ1n) is 5.58. The van der Waals surface area contributed by atoms with Crippen molar-refractivity contribution in [3.05, 3.63) is 11.4 Å². The lowest BCUT2D eigenvalue weighted by molar-refractivity contribution is 0.238. The SMILES string of the molecule is Cc1nc(N)c(C)c(N2CCC(CO)C2)n1. The summed E-state index contributed by atoms with van der Waals surface area (Å²) in [6, 6.07) is 0.